The highest BCUT2D eigenvalue weighted by Crippen LogP contribution is 2.46. The van der Waals surface area contributed by atoms with Gasteiger partial charge in [0.05, 0.1) is 27.6 Å². The Hall–Kier alpha value is -16.3. The molecule has 20 aromatic carbocycles. The molecule has 10 aliphatic rings. The van der Waals surface area contributed by atoms with Crippen LogP contribution >= 0.6 is 0 Å². The highest BCUT2D eigenvalue weighted by atomic mass is 15.0. The van der Waals surface area contributed by atoms with Crippen molar-refractivity contribution in [1.82, 2.24) is 22.8 Å². The Balaban J connectivity index is 0.0000000788. The highest BCUT2D eigenvalue weighted by molar-refractivity contribution is 7.04. The summed E-state index contributed by atoms with van der Waals surface area (Å²) in [4.78, 5) is 0. The average molecular weight is 1710 g/mol. The van der Waals surface area contributed by atoms with Crippen LogP contribution in [0.5, 0.6) is 0 Å². The zero-order valence-corrected chi connectivity index (χ0v) is 75.2. The second-order valence-corrected chi connectivity index (χ2v) is 39.1. The molecule has 5 nitrogen and oxygen atoms in total. The summed E-state index contributed by atoms with van der Waals surface area (Å²) < 4.78 is 12.6. The normalized spacial score (nSPS) is 13.3. The van der Waals surface area contributed by atoms with Crippen LogP contribution in [0.15, 0.2) is 394 Å². The van der Waals surface area contributed by atoms with Crippen molar-refractivity contribution in [1.29, 1.82) is 0 Å². The Kier molecular flexibility index (Phi) is 14.9. The van der Waals surface area contributed by atoms with Gasteiger partial charge in [0.15, 0.2) is 0 Å². The molecule has 0 spiro atoms. The van der Waals surface area contributed by atoms with Gasteiger partial charge in [0, 0.05) is 110 Å². The van der Waals surface area contributed by atoms with Gasteiger partial charge in [0.1, 0.15) is 0 Å². The Labute approximate surface area is 782 Å². The summed E-state index contributed by atoms with van der Waals surface area (Å²) in [6.07, 6.45) is 0. The van der Waals surface area contributed by atoms with E-state index in [1.807, 2.05) is 0 Å². The number of benzene rings is 20. The standard InChI is InChI=1S/5C25H16BN/c1-15-13-14-18-16-7-2-4-10-20(16)26-21-11-6-9-19-17-8-3-5-12-22(17)27(25(19)21)24(15)23(18)26;1-15-7-4-13-21-23(15)18-10-5-12-20-25(18)27(21)22-14-6-9-17-16-8-2-3-11-19(16)26(20)24(17)22;1-15-7-4-10-18-19-11-5-13-21-25(19)27(24(15)18)22-14-6-9-17-16-8-2-3-12-20(16)26(21)23(17)22;1-15-12-13-17-19-8-4-10-21-25(19)27(23(17)14-15)22-11-5-7-18-16-6-2-3-9-20(16)26(21)24(18)22;1-15-12-13-22-19(14-15)18-8-4-10-21-25(18)27(22)23-11-5-7-17-16-6-2-3-9-20(16)26(21)24(17)23/h5*2-14H,1H3. The van der Waals surface area contributed by atoms with Crippen molar-refractivity contribution >= 4 is 225 Å². The van der Waals surface area contributed by atoms with Gasteiger partial charge in [-0.1, -0.05) is 373 Å². The molecule has 0 radical (unpaired) electrons. The number of hydrogen-bond acceptors (Lipinski definition) is 0. The predicted octanol–water partition coefficient (Wildman–Crippen LogP) is 19.5. The minimum absolute atomic E-state index is 0.339. The fourth-order valence-electron chi connectivity index (χ4n) is 27.5. The summed E-state index contributed by atoms with van der Waals surface area (Å²) in [6.45, 7) is 12.8. The lowest BCUT2D eigenvalue weighted by molar-refractivity contribution is 1.16. The molecule has 5 aromatic heterocycles. The number of rotatable bonds is 0. The van der Waals surface area contributed by atoms with Gasteiger partial charge in [-0.2, -0.15) is 0 Å². The lowest BCUT2D eigenvalue weighted by Crippen LogP contribution is -2.53. The van der Waals surface area contributed by atoms with Gasteiger partial charge in [0.25, 0.3) is 0 Å². The predicted molar refractivity (Wildman–Crippen MR) is 578 cm³/mol. The zero-order chi connectivity index (χ0) is 88.5. The molecule has 0 saturated carbocycles. The van der Waals surface area contributed by atoms with Gasteiger partial charge in [-0.05, 0) is 222 Å². The summed E-state index contributed by atoms with van der Waals surface area (Å²) >= 11 is 0. The maximum Gasteiger partial charge on any atom is 0.248 e. The molecular formula is C125H80B5N5. The van der Waals surface area contributed by atoms with Crippen molar-refractivity contribution in [2.24, 2.45) is 0 Å². The van der Waals surface area contributed by atoms with Crippen LogP contribution in [0.1, 0.15) is 27.8 Å². The van der Waals surface area contributed by atoms with Crippen LogP contribution in [-0.2, 0) is 0 Å². The lowest BCUT2D eigenvalue weighted by atomic mass is 9.37. The van der Waals surface area contributed by atoms with E-state index in [-0.39, 0.29) is 0 Å². The largest absolute Gasteiger partial charge is 0.310 e. The van der Waals surface area contributed by atoms with Gasteiger partial charge in [0.2, 0.25) is 33.6 Å². The quantitative estimate of drug-likeness (QED) is 0.135. The van der Waals surface area contributed by atoms with Crippen molar-refractivity contribution < 1.29 is 0 Å². The van der Waals surface area contributed by atoms with Crippen LogP contribution in [0.25, 0.3) is 193 Å². The van der Waals surface area contributed by atoms with Gasteiger partial charge in [-0.25, -0.2) is 0 Å². The van der Waals surface area contributed by atoms with E-state index in [1.165, 1.54) is 303 Å². The van der Waals surface area contributed by atoms with Gasteiger partial charge in [-0.3, -0.25) is 0 Å². The van der Waals surface area contributed by atoms with Crippen molar-refractivity contribution in [2.45, 2.75) is 34.6 Å². The van der Waals surface area contributed by atoms with Crippen LogP contribution in [0.2, 0.25) is 0 Å². The number of aromatic nitrogens is 5. The van der Waals surface area contributed by atoms with E-state index in [9.17, 15) is 0 Å². The molecule has 135 heavy (non-hydrogen) atoms. The molecule has 15 heterocycles. The molecule has 25 aromatic rings. The van der Waals surface area contributed by atoms with Gasteiger partial charge in [-0.15, -0.1) is 0 Å². The summed E-state index contributed by atoms with van der Waals surface area (Å²) in [5.74, 6) is 0. The third-order valence-corrected chi connectivity index (χ3v) is 32.5. The molecule has 0 bridgehead atoms. The van der Waals surface area contributed by atoms with Crippen molar-refractivity contribution in [2.75, 3.05) is 0 Å². The van der Waals surface area contributed by atoms with E-state index in [4.69, 9.17) is 0 Å². The van der Waals surface area contributed by atoms with Crippen LogP contribution in [0.4, 0.5) is 0 Å². The van der Waals surface area contributed by atoms with E-state index in [0.717, 1.165) is 0 Å². The molecule has 0 fully saturated rings. The maximum atomic E-state index is 2.52. The van der Waals surface area contributed by atoms with Crippen molar-refractivity contribution in [3.8, 4) is 84.1 Å². The first-order valence-electron chi connectivity index (χ1n) is 48.0. The Morgan fingerprint density at radius 1 is 0.163 bits per heavy atom. The van der Waals surface area contributed by atoms with Crippen LogP contribution in [0, 0.1) is 34.6 Å². The first-order valence-corrected chi connectivity index (χ1v) is 48.0. The Bertz CT molecular complexity index is 9670. The number of hydrogen-bond donors (Lipinski definition) is 0. The lowest BCUT2D eigenvalue weighted by Gasteiger charge is -2.26. The summed E-state index contributed by atoms with van der Waals surface area (Å²) in [5.41, 5.74) is 62.7. The maximum absolute atomic E-state index is 2.52. The topological polar surface area (TPSA) is 24.6 Å². The fraction of sp³-hybridized carbons (Fsp3) is 0.0400. The minimum atomic E-state index is 0.339. The smallest absolute Gasteiger partial charge is 0.248 e. The molecule has 10 aliphatic heterocycles. The Morgan fingerprint density at radius 2 is 0.467 bits per heavy atom. The molecule has 10 heteroatoms. The second-order valence-electron chi connectivity index (χ2n) is 39.1. The number of nitrogens with zero attached hydrogens (tertiary/aromatic N) is 5. The molecule has 0 aliphatic carbocycles. The third-order valence-electron chi connectivity index (χ3n) is 32.5. The first kappa shape index (κ1) is 74.4. The monoisotopic (exact) mass is 1710 g/mol. The number of aryl methyl sites for hydroxylation is 5. The van der Waals surface area contributed by atoms with E-state index in [0.29, 0.717) is 33.6 Å². The molecule has 0 saturated heterocycles. The summed E-state index contributed by atoms with van der Waals surface area (Å²) in [6, 6.07) is 147. The molecule has 0 atom stereocenters. The fourth-order valence-corrected chi connectivity index (χ4v) is 27.5. The minimum Gasteiger partial charge on any atom is -0.310 e. The van der Waals surface area contributed by atoms with Crippen molar-refractivity contribution in [3.05, 3.63) is 422 Å². The second kappa shape index (κ2) is 27.0. The zero-order valence-electron chi connectivity index (χ0n) is 75.2. The summed E-state index contributed by atoms with van der Waals surface area (Å²) in [7, 11) is 0. The van der Waals surface area contributed by atoms with Gasteiger partial charge >= 0.3 is 0 Å². The first-order chi connectivity index (χ1) is 66.7. The number of para-hydroxylation sites is 7. The van der Waals surface area contributed by atoms with E-state index < -0.39 is 0 Å². The molecule has 620 valence electrons. The average Bonchev–Trinajstić information content (AvgIpc) is 1.54. The third kappa shape index (κ3) is 9.53. The molecule has 0 amide bonds. The SMILES string of the molecule is Cc1ccc2c(c1)c1cccc3c1n2-c1cccc2c1B3c1ccccc1-2.Cc1ccc2c3c1-n1c4ccccc4c4cccc(c41)B3c1ccccc1-2.Cc1ccc2c3cccc4c3n(c2c1)-c1cccc2c1B4c1ccccc1-2.Cc1cccc2c1c1cccc3c1n2-c1cccc2c1B3c1ccccc1-2.Cc1cccc2c3cccc4c3n(c12)-c1cccc2c1B4c1ccccc1-2. The van der Waals surface area contributed by atoms with Crippen molar-refractivity contribution in [3.63, 3.8) is 0 Å². The molecule has 0 N–H and O–H groups in total. The molecule has 35 rings (SSSR count). The van der Waals surface area contributed by atoms with E-state index in [1.54, 1.807) is 0 Å². The van der Waals surface area contributed by atoms with E-state index >= 15 is 0 Å². The van der Waals surface area contributed by atoms with Gasteiger partial charge < -0.3 is 22.8 Å². The Morgan fingerprint density at radius 3 is 0.970 bits per heavy atom. The van der Waals surface area contributed by atoms with Crippen LogP contribution in [0.3, 0.4) is 0 Å². The summed E-state index contributed by atoms with van der Waals surface area (Å²) in [5, 5.41) is 13.6. The number of fused-ring (bicyclic) bond motifs is 40. The van der Waals surface area contributed by atoms with Crippen LogP contribution < -0.4 is 81.9 Å². The van der Waals surface area contributed by atoms with Crippen LogP contribution in [-0.4, -0.2) is 56.4 Å². The molecule has 0 unspecified atom stereocenters. The highest BCUT2D eigenvalue weighted by Gasteiger charge is 2.47. The van der Waals surface area contributed by atoms with E-state index in [2.05, 4.69) is 452 Å². The molecular weight excluding hydrogens is 1630 g/mol.